The molecule has 0 aliphatic heterocycles. The van der Waals surface area contributed by atoms with Crippen LogP contribution in [0.15, 0.2) is 48.5 Å². The molecule has 0 fully saturated rings. The zero-order chi connectivity index (χ0) is 24.5. The summed E-state index contributed by atoms with van der Waals surface area (Å²) in [5.74, 6) is -1.24. The van der Waals surface area contributed by atoms with E-state index in [9.17, 15) is 14.4 Å². The molecule has 2 amide bonds. The third-order valence-corrected chi connectivity index (χ3v) is 6.28. The number of amides is 2. The molecule has 7 nitrogen and oxygen atoms in total. The van der Waals surface area contributed by atoms with E-state index in [1.165, 1.54) is 0 Å². The number of nitrogens with one attached hydrogen (secondary N) is 2. The minimum atomic E-state index is -0.940. The van der Waals surface area contributed by atoms with Gasteiger partial charge in [-0.1, -0.05) is 75.2 Å². The number of hydrogen-bond donors (Lipinski definition) is 3. The van der Waals surface area contributed by atoms with Crippen molar-refractivity contribution < 1.29 is 24.2 Å². The van der Waals surface area contributed by atoms with Gasteiger partial charge in [0.05, 0.1) is 6.42 Å². The van der Waals surface area contributed by atoms with Gasteiger partial charge in [-0.25, -0.2) is 4.79 Å². The Balaban J connectivity index is 1.53. The van der Waals surface area contributed by atoms with Gasteiger partial charge in [0, 0.05) is 24.4 Å². The lowest BCUT2D eigenvalue weighted by Gasteiger charge is -2.21. The Morgan fingerprint density at radius 3 is 2.09 bits per heavy atom. The Morgan fingerprint density at radius 1 is 0.912 bits per heavy atom. The van der Waals surface area contributed by atoms with E-state index in [2.05, 4.69) is 34.9 Å². The fraction of sp³-hybridized carbons (Fsp3) is 0.444. The van der Waals surface area contributed by atoms with Gasteiger partial charge in [0.25, 0.3) is 0 Å². The predicted molar refractivity (Wildman–Crippen MR) is 131 cm³/mol. The number of carboxylic acids is 1. The molecule has 2 aromatic carbocycles. The summed E-state index contributed by atoms with van der Waals surface area (Å²) < 4.78 is 5.58. The maximum Gasteiger partial charge on any atom is 0.407 e. The predicted octanol–water partition coefficient (Wildman–Crippen LogP) is 4.84. The van der Waals surface area contributed by atoms with Gasteiger partial charge in [-0.15, -0.1) is 0 Å². The second-order valence-corrected chi connectivity index (χ2v) is 8.78. The number of rotatable bonds is 12. The van der Waals surface area contributed by atoms with Crippen molar-refractivity contribution in [2.45, 2.75) is 70.4 Å². The molecule has 2 atom stereocenters. The van der Waals surface area contributed by atoms with Crippen molar-refractivity contribution in [2.75, 3.05) is 6.61 Å². The summed E-state index contributed by atoms with van der Waals surface area (Å²) in [5.41, 5.74) is 4.60. The van der Waals surface area contributed by atoms with E-state index in [0.717, 1.165) is 35.1 Å². The first kappa shape index (κ1) is 25.3. The number of aliphatic carboxylic acids is 1. The van der Waals surface area contributed by atoms with Crippen LogP contribution < -0.4 is 10.6 Å². The zero-order valence-electron chi connectivity index (χ0n) is 19.9. The molecule has 0 radical (unpaired) electrons. The molecule has 1 unspecified atom stereocenters. The summed E-state index contributed by atoms with van der Waals surface area (Å²) in [7, 11) is 0. The third-order valence-electron chi connectivity index (χ3n) is 6.28. The summed E-state index contributed by atoms with van der Waals surface area (Å²) in [6.07, 6.45) is 2.34. The Kier molecular flexibility index (Phi) is 9.08. The van der Waals surface area contributed by atoms with Crippen LogP contribution >= 0.6 is 0 Å². The molecule has 1 aliphatic rings. The molecule has 34 heavy (non-hydrogen) atoms. The molecule has 7 heteroatoms. The molecule has 0 saturated carbocycles. The van der Waals surface area contributed by atoms with Crippen molar-refractivity contribution in [1.29, 1.82) is 0 Å². The minimum Gasteiger partial charge on any atom is -0.481 e. The smallest absolute Gasteiger partial charge is 0.407 e. The first-order chi connectivity index (χ1) is 16.4. The lowest BCUT2D eigenvalue weighted by atomic mass is 9.98. The van der Waals surface area contributed by atoms with E-state index in [-0.39, 0.29) is 31.3 Å². The quantitative estimate of drug-likeness (QED) is 0.415. The fourth-order valence-corrected chi connectivity index (χ4v) is 4.50. The summed E-state index contributed by atoms with van der Waals surface area (Å²) in [6.45, 7) is 4.11. The number of benzene rings is 2. The first-order valence-electron chi connectivity index (χ1n) is 12.1. The van der Waals surface area contributed by atoms with E-state index < -0.39 is 24.1 Å². The first-order valence-corrected chi connectivity index (χ1v) is 12.1. The number of unbranched alkanes of at least 4 members (excludes halogenated alkanes) is 1. The minimum absolute atomic E-state index is 0.0307. The second kappa shape index (κ2) is 12.2. The molecule has 3 rings (SSSR count). The van der Waals surface area contributed by atoms with Crippen LogP contribution in [0.5, 0.6) is 0 Å². The highest BCUT2D eigenvalue weighted by molar-refractivity contribution is 5.80. The summed E-state index contributed by atoms with van der Waals surface area (Å²) >= 11 is 0. The average molecular weight is 467 g/mol. The number of alkyl carbamates (subject to hydrolysis) is 1. The zero-order valence-corrected chi connectivity index (χ0v) is 19.9. The number of ether oxygens (including phenoxy) is 1. The molecular formula is C27H34N2O5. The summed E-state index contributed by atoms with van der Waals surface area (Å²) in [6, 6.07) is 15.5. The standard InChI is InChI=1S/C27H34N2O5/c1-3-5-10-19(16-26(31)32)28-25(30)15-18(4-2)29-27(33)34-17-24-22-13-8-6-11-20(22)21-12-7-9-14-23(21)24/h6-9,11-14,18-19,24H,3-5,10,15-17H2,1-2H3,(H,28,30)(H,29,33)(H,31,32)/t18?,19-/m1/s1. The molecule has 0 aromatic heterocycles. The van der Waals surface area contributed by atoms with Gasteiger partial charge in [-0.05, 0) is 35.1 Å². The molecule has 0 saturated heterocycles. The van der Waals surface area contributed by atoms with Gasteiger partial charge in [0.1, 0.15) is 6.61 Å². The van der Waals surface area contributed by atoms with E-state index >= 15 is 0 Å². The molecule has 182 valence electrons. The Morgan fingerprint density at radius 2 is 1.53 bits per heavy atom. The van der Waals surface area contributed by atoms with Crippen molar-refractivity contribution in [3.05, 3.63) is 59.7 Å². The molecule has 2 aromatic rings. The molecule has 3 N–H and O–H groups in total. The van der Waals surface area contributed by atoms with Crippen molar-refractivity contribution in [3.8, 4) is 11.1 Å². The van der Waals surface area contributed by atoms with Crippen LogP contribution in [0.1, 0.15) is 69.4 Å². The number of carbonyl (C=O) groups excluding carboxylic acids is 2. The topological polar surface area (TPSA) is 105 Å². The van der Waals surface area contributed by atoms with Crippen molar-refractivity contribution in [3.63, 3.8) is 0 Å². The van der Waals surface area contributed by atoms with Gasteiger partial charge >= 0.3 is 12.1 Å². The normalized spacial score (nSPS) is 13.9. The average Bonchev–Trinajstić information content (AvgIpc) is 3.14. The summed E-state index contributed by atoms with van der Waals surface area (Å²) in [5, 5.41) is 14.7. The third kappa shape index (κ3) is 6.59. The lowest BCUT2D eigenvalue weighted by molar-refractivity contribution is -0.137. The van der Waals surface area contributed by atoms with Gasteiger partial charge in [0.15, 0.2) is 0 Å². The SMILES string of the molecule is CCCC[C@H](CC(=O)O)NC(=O)CC(CC)NC(=O)OCC1c2ccccc2-c2ccccc21. The van der Waals surface area contributed by atoms with Crippen LogP contribution in [-0.4, -0.2) is 41.8 Å². The Bertz CT molecular complexity index is 961. The van der Waals surface area contributed by atoms with E-state index in [1.54, 1.807) is 0 Å². The maximum absolute atomic E-state index is 12.5. The number of carbonyl (C=O) groups is 3. The van der Waals surface area contributed by atoms with Crippen LogP contribution in [0.2, 0.25) is 0 Å². The van der Waals surface area contributed by atoms with Gasteiger partial charge in [-0.3, -0.25) is 9.59 Å². The number of hydrogen-bond acceptors (Lipinski definition) is 4. The van der Waals surface area contributed by atoms with Crippen LogP contribution in [0.3, 0.4) is 0 Å². The van der Waals surface area contributed by atoms with Crippen molar-refractivity contribution >= 4 is 18.0 Å². The van der Waals surface area contributed by atoms with Crippen LogP contribution in [0, 0.1) is 0 Å². The largest absolute Gasteiger partial charge is 0.481 e. The van der Waals surface area contributed by atoms with Gasteiger partial charge < -0.3 is 20.5 Å². The number of carboxylic acid groups (broad SMARTS) is 1. The maximum atomic E-state index is 12.5. The Hall–Kier alpha value is -3.35. The van der Waals surface area contributed by atoms with E-state index in [0.29, 0.717) is 12.8 Å². The van der Waals surface area contributed by atoms with Gasteiger partial charge in [0.2, 0.25) is 5.91 Å². The highest BCUT2D eigenvalue weighted by Crippen LogP contribution is 2.44. The van der Waals surface area contributed by atoms with Crippen LogP contribution in [0.25, 0.3) is 11.1 Å². The van der Waals surface area contributed by atoms with Crippen LogP contribution in [0.4, 0.5) is 4.79 Å². The van der Waals surface area contributed by atoms with E-state index in [1.807, 2.05) is 38.1 Å². The lowest BCUT2D eigenvalue weighted by Crippen LogP contribution is -2.42. The van der Waals surface area contributed by atoms with E-state index in [4.69, 9.17) is 9.84 Å². The van der Waals surface area contributed by atoms with Crippen LogP contribution in [-0.2, 0) is 14.3 Å². The molecule has 1 aliphatic carbocycles. The molecule has 0 bridgehead atoms. The highest BCUT2D eigenvalue weighted by atomic mass is 16.5. The Labute approximate surface area is 200 Å². The monoisotopic (exact) mass is 466 g/mol. The number of fused-ring (bicyclic) bond motifs is 3. The summed E-state index contributed by atoms with van der Waals surface area (Å²) in [4.78, 5) is 36.1. The van der Waals surface area contributed by atoms with Crippen molar-refractivity contribution in [2.24, 2.45) is 0 Å². The highest BCUT2D eigenvalue weighted by Gasteiger charge is 2.29. The van der Waals surface area contributed by atoms with Gasteiger partial charge in [-0.2, -0.15) is 0 Å². The second-order valence-electron chi connectivity index (χ2n) is 8.78. The molecule has 0 spiro atoms. The molecule has 0 heterocycles. The fourth-order valence-electron chi connectivity index (χ4n) is 4.50. The van der Waals surface area contributed by atoms with Crippen molar-refractivity contribution in [1.82, 2.24) is 10.6 Å². The molecular weight excluding hydrogens is 432 g/mol.